The number of benzene rings is 2. The molecule has 8 heteroatoms. The summed E-state index contributed by atoms with van der Waals surface area (Å²) >= 11 is 6.67. The number of aliphatic hydroxyl groups is 1. The average Bonchev–Trinajstić information content (AvgIpc) is 2.64. The summed E-state index contributed by atoms with van der Waals surface area (Å²) in [4.78, 5) is 0. The van der Waals surface area contributed by atoms with Gasteiger partial charge < -0.3 is 29.2 Å². The lowest BCUT2D eigenvalue weighted by Gasteiger charge is -2.10. The van der Waals surface area contributed by atoms with Crippen LogP contribution in [-0.4, -0.2) is 38.7 Å². The molecule has 0 unspecified atom stereocenters. The van der Waals surface area contributed by atoms with E-state index in [4.69, 9.17) is 24.1 Å². The third-order valence-corrected chi connectivity index (χ3v) is 4.85. The fourth-order valence-corrected chi connectivity index (χ4v) is 2.92. The average molecular weight is 494 g/mol. The molecule has 0 aliphatic carbocycles. The summed E-state index contributed by atoms with van der Waals surface area (Å²) in [7, 11) is 6.25. The second-order valence-electron chi connectivity index (χ2n) is 5.01. The number of ether oxygens (including phenoxy) is 4. The number of phenolic OH excluding ortho intramolecular Hbond substituents is 1. The molecular weight excluding hydrogens is 472 g/mol. The van der Waals surface area contributed by atoms with Crippen molar-refractivity contribution in [3.05, 3.63) is 44.3 Å². The molecule has 0 amide bonds. The van der Waals surface area contributed by atoms with Crippen molar-refractivity contribution in [3.63, 3.8) is 0 Å². The molecule has 2 aromatic rings. The first-order valence-electron chi connectivity index (χ1n) is 7.47. The maximum atomic E-state index is 9.44. The predicted molar refractivity (Wildman–Crippen MR) is 106 cm³/mol. The van der Waals surface area contributed by atoms with E-state index < -0.39 is 0 Å². The van der Waals surface area contributed by atoms with E-state index in [0.29, 0.717) is 23.9 Å². The summed E-state index contributed by atoms with van der Waals surface area (Å²) < 4.78 is 21.7. The standard InChI is InChI=1S/2C9H11BrO3/c1-12-5-6-3-8(11)9(13-2)4-7(6)10;1-12-8-3-6(5-11)7(10)4-9(8)13-2/h2*3-4,11H,5H2,1-2H3. The van der Waals surface area contributed by atoms with Gasteiger partial charge in [0.25, 0.3) is 0 Å². The lowest BCUT2D eigenvalue weighted by atomic mass is 10.2. The first-order chi connectivity index (χ1) is 12.4. The quantitative estimate of drug-likeness (QED) is 0.625. The van der Waals surface area contributed by atoms with Crippen molar-refractivity contribution in [1.82, 2.24) is 0 Å². The second kappa shape index (κ2) is 11.3. The Morgan fingerprint density at radius 3 is 1.77 bits per heavy atom. The van der Waals surface area contributed by atoms with Gasteiger partial charge in [0.2, 0.25) is 0 Å². The zero-order chi connectivity index (χ0) is 19.7. The third-order valence-electron chi connectivity index (χ3n) is 3.37. The fourth-order valence-electron chi connectivity index (χ4n) is 2.03. The molecule has 0 fully saturated rings. The molecule has 0 bridgehead atoms. The number of halogens is 2. The van der Waals surface area contributed by atoms with Crippen LogP contribution in [-0.2, 0) is 18.0 Å². The maximum absolute atomic E-state index is 9.44. The summed E-state index contributed by atoms with van der Waals surface area (Å²) in [5, 5.41) is 18.4. The maximum Gasteiger partial charge on any atom is 0.161 e. The minimum absolute atomic E-state index is 0.0268. The van der Waals surface area contributed by atoms with Crippen LogP contribution in [0.5, 0.6) is 23.0 Å². The second-order valence-corrected chi connectivity index (χ2v) is 6.71. The highest BCUT2D eigenvalue weighted by Crippen LogP contribution is 2.33. The van der Waals surface area contributed by atoms with Gasteiger partial charge in [-0.15, -0.1) is 0 Å². The zero-order valence-corrected chi connectivity index (χ0v) is 18.2. The normalized spacial score (nSPS) is 9.96. The number of methoxy groups -OCH3 is 4. The van der Waals surface area contributed by atoms with Gasteiger partial charge in [-0.2, -0.15) is 0 Å². The van der Waals surface area contributed by atoms with Crippen LogP contribution in [0.2, 0.25) is 0 Å². The van der Waals surface area contributed by atoms with E-state index in [1.54, 1.807) is 45.6 Å². The molecule has 144 valence electrons. The molecule has 26 heavy (non-hydrogen) atoms. The Morgan fingerprint density at radius 2 is 1.27 bits per heavy atom. The zero-order valence-electron chi connectivity index (χ0n) is 15.0. The molecule has 0 aliphatic rings. The van der Waals surface area contributed by atoms with Crippen molar-refractivity contribution < 1.29 is 29.2 Å². The Morgan fingerprint density at radius 1 is 0.769 bits per heavy atom. The van der Waals surface area contributed by atoms with Crippen LogP contribution in [0.1, 0.15) is 11.1 Å². The highest BCUT2D eigenvalue weighted by Gasteiger charge is 2.08. The molecule has 0 saturated heterocycles. The molecule has 0 aliphatic heterocycles. The number of hydrogen-bond acceptors (Lipinski definition) is 6. The van der Waals surface area contributed by atoms with E-state index in [2.05, 4.69) is 31.9 Å². The van der Waals surface area contributed by atoms with Gasteiger partial charge in [-0.05, 0) is 35.4 Å². The molecule has 0 heterocycles. The Kier molecular flexibility index (Phi) is 9.79. The van der Waals surface area contributed by atoms with E-state index in [0.717, 1.165) is 20.1 Å². The molecule has 2 aromatic carbocycles. The topological polar surface area (TPSA) is 77.4 Å². The molecule has 2 N–H and O–H groups in total. The Bertz CT molecular complexity index is 721. The fraction of sp³-hybridized carbons (Fsp3) is 0.333. The van der Waals surface area contributed by atoms with Crippen molar-refractivity contribution in [1.29, 1.82) is 0 Å². The van der Waals surface area contributed by atoms with Crippen molar-refractivity contribution in [2.24, 2.45) is 0 Å². The lowest BCUT2D eigenvalue weighted by Crippen LogP contribution is -1.93. The van der Waals surface area contributed by atoms with Crippen LogP contribution in [0, 0.1) is 0 Å². The third kappa shape index (κ3) is 6.05. The summed E-state index contributed by atoms with van der Waals surface area (Å²) in [6.45, 7) is 0.430. The van der Waals surface area contributed by atoms with Crippen LogP contribution in [0.4, 0.5) is 0 Å². The van der Waals surface area contributed by atoms with Crippen LogP contribution in [0.25, 0.3) is 0 Å². The largest absolute Gasteiger partial charge is 0.504 e. The van der Waals surface area contributed by atoms with Crippen LogP contribution in [0.3, 0.4) is 0 Å². The van der Waals surface area contributed by atoms with Gasteiger partial charge in [0.15, 0.2) is 23.0 Å². The lowest BCUT2D eigenvalue weighted by molar-refractivity contribution is 0.184. The van der Waals surface area contributed by atoms with Gasteiger partial charge in [0.1, 0.15) is 0 Å². The predicted octanol–water partition coefficient (Wildman–Crippen LogP) is 4.27. The van der Waals surface area contributed by atoms with E-state index >= 15 is 0 Å². The summed E-state index contributed by atoms with van der Waals surface area (Å²) in [6.07, 6.45) is 0. The molecular formula is C18H22Br2O6. The number of rotatable bonds is 6. The van der Waals surface area contributed by atoms with Crippen molar-refractivity contribution >= 4 is 31.9 Å². The number of phenols is 1. The summed E-state index contributed by atoms with van der Waals surface area (Å²) in [5.41, 5.74) is 1.67. The first kappa shape index (κ1) is 22.6. The highest BCUT2D eigenvalue weighted by molar-refractivity contribution is 9.10. The number of aromatic hydroxyl groups is 1. The van der Waals surface area contributed by atoms with Crippen molar-refractivity contribution in [2.75, 3.05) is 28.4 Å². The highest BCUT2D eigenvalue weighted by atomic mass is 79.9. The molecule has 0 radical (unpaired) electrons. The van der Waals surface area contributed by atoms with E-state index in [1.165, 1.54) is 7.11 Å². The first-order valence-corrected chi connectivity index (χ1v) is 9.05. The van der Waals surface area contributed by atoms with Gasteiger partial charge in [-0.25, -0.2) is 0 Å². The minimum Gasteiger partial charge on any atom is -0.504 e. The molecule has 0 aromatic heterocycles. The molecule has 0 saturated carbocycles. The smallest absolute Gasteiger partial charge is 0.161 e. The Balaban J connectivity index is 0.000000260. The van der Waals surface area contributed by atoms with Crippen molar-refractivity contribution in [3.8, 4) is 23.0 Å². The SMILES string of the molecule is COCc1cc(O)c(OC)cc1Br.COc1cc(Br)c(CO)cc1OC. The van der Waals surface area contributed by atoms with Gasteiger partial charge in [0, 0.05) is 16.1 Å². The van der Waals surface area contributed by atoms with Crippen LogP contribution >= 0.6 is 31.9 Å². The van der Waals surface area contributed by atoms with Gasteiger partial charge in [-0.1, -0.05) is 31.9 Å². The van der Waals surface area contributed by atoms with Gasteiger partial charge >= 0.3 is 0 Å². The molecule has 0 spiro atoms. The van der Waals surface area contributed by atoms with E-state index in [-0.39, 0.29) is 12.4 Å². The van der Waals surface area contributed by atoms with E-state index in [1.807, 2.05) is 0 Å². The van der Waals surface area contributed by atoms with Crippen LogP contribution < -0.4 is 14.2 Å². The molecule has 6 nitrogen and oxygen atoms in total. The van der Waals surface area contributed by atoms with Crippen LogP contribution in [0.15, 0.2) is 33.2 Å². The van der Waals surface area contributed by atoms with Gasteiger partial charge in [0.05, 0.1) is 34.5 Å². The van der Waals surface area contributed by atoms with E-state index in [9.17, 15) is 5.11 Å². The Hall–Kier alpha value is -1.48. The molecule has 0 atom stereocenters. The summed E-state index contributed by atoms with van der Waals surface area (Å²) in [6, 6.07) is 6.84. The number of hydrogen-bond donors (Lipinski definition) is 2. The Labute approximate surface area is 169 Å². The van der Waals surface area contributed by atoms with Gasteiger partial charge in [-0.3, -0.25) is 0 Å². The monoisotopic (exact) mass is 492 g/mol. The summed E-state index contributed by atoms with van der Waals surface area (Å²) in [5.74, 6) is 1.84. The number of aliphatic hydroxyl groups excluding tert-OH is 1. The van der Waals surface area contributed by atoms with Crippen molar-refractivity contribution in [2.45, 2.75) is 13.2 Å². The molecule has 2 rings (SSSR count). The minimum atomic E-state index is -0.0268.